The van der Waals surface area contributed by atoms with E-state index in [1.165, 1.54) is 0 Å². The lowest BCUT2D eigenvalue weighted by Gasteiger charge is -2.07. The monoisotopic (exact) mass is 256 g/mol. The molecule has 0 atom stereocenters. The first-order valence-electron chi connectivity index (χ1n) is 6.55. The second-order valence-corrected chi connectivity index (χ2v) is 4.72. The molecular weight excluding hydrogens is 240 g/mol. The maximum absolute atomic E-state index is 12.1. The van der Waals surface area contributed by atoms with E-state index < -0.39 is 0 Å². The number of nitrogens with one attached hydrogen (secondary N) is 1. The van der Waals surface area contributed by atoms with Crippen LogP contribution in [0.5, 0.6) is 0 Å². The van der Waals surface area contributed by atoms with Gasteiger partial charge in [0.05, 0.1) is 0 Å². The molecule has 5 heteroatoms. The van der Waals surface area contributed by atoms with Gasteiger partial charge in [0, 0.05) is 43.3 Å². The minimum Gasteiger partial charge on any atom is -0.365 e. The molecule has 98 valence electrons. The van der Waals surface area contributed by atoms with Gasteiger partial charge >= 0.3 is 0 Å². The van der Waals surface area contributed by atoms with Gasteiger partial charge in [-0.15, -0.1) is 0 Å². The fourth-order valence-electron chi connectivity index (χ4n) is 2.04. The number of anilines is 1. The van der Waals surface area contributed by atoms with Gasteiger partial charge in [-0.1, -0.05) is 6.07 Å². The molecule has 3 rings (SSSR count). The molecule has 0 aliphatic heterocycles. The van der Waals surface area contributed by atoms with Gasteiger partial charge in [0.2, 0.25) is 0 Å². The highest BCUT2D eigenvalue weighted by molar-refractivity contribution is 5.31. The highest BCUT2D eigenvalue weighted by Gasteiger charge is 2.25. The third-order valence-corrected chi connectivity index (χ3v) is 3.21. The molecule has 1 N–H and O–H groups in total. The van der Waals surface area contributed by atoms with Crippen LogP contribution in [0.15, 0.2) is 41.6 Å². The molecule has 1 aliphatic carbocycles. The van der Waals surface area contributed by atoms with E-state index in [1.54, 1.807) is 23.2 Å². The minimum absolute atomic E-state index is 0.0222. The zero-order valence-electron chi connectivity index (χ0n) is 10.6. The molecule has 0 aromatic carbocycles. The van der Waals surface area contributed by atoms with Gasteiger partial charge in [0.15, 0.2) is 5.82 Å². The Hall–Kier alpha value is -2.17. The molecule has 0 radical (unpaired) electrons. The zero-order chi connectivity index (χ0) is 13.1. The van der Waals surface area contributed by atoms with Crippen LogP contribution in [0.2, 0.25) is 0 Å². The molecule has 2 aromatic rings. The lowest BCUT2D eigenvalue weighted by molar-refractivity contribution is 0.699. The van der Waals surface area contributed by atoms with E-state index >= 15 is 0 Å². The van der Waals surface area contributed by atoms with Crippen LogP contribution in [0.1, 0.15) is 24.6 Å². The molecule has 1 fully saturated rings. The Labute approximate surface area is 111 Å². The Morgan fingerprint density at radius 3 is 2.89 bits per heavy atom. The number of rotatable bonds is 5. The topological polar surface area (TPSA) is 59.8 Å². The lowest BCUT2D eigenvalue weighted by Crippen LogP contribution is -2.24. The van der Waals surface area contributed by atoms with Crippen molar-refractivity contribution in [2.24, 2.45) is 0 Å². The second-order valence-electron chi connectivity index (χ2n) is 4.72. The van der Waals surface area contributed by atoms with Gasteiger partial charge in [-0.05, 0) is 25.0 Å². The van der Waals surface area contributed by atoms with Gasteiger partial charge in [0.1, 0.15) is 0 Å². The first-order chi connectivity index (χ1) is 9.34. The van der Waals surface area contributed by atoms with Crippen molar-refractivity contribution in [3.63, 3.8) is 0 Å². The van der Waals surface area contributed by atoms with Crippen molar-refractivity contribution in [3.05, 3.63) is 52.8 Å². The minimum atomic E-state index is -0.0222. The van der Waals surface area contributed by atoms with Crippen molar-refractivity contribution >= 4 is 5.82 Å². The van der Waals surface area contributed by atoms with Crippen molar-refractivity contribution in [2.45, 2.75) is 25.3 Å². The fourth-order valence-corrected chi connectivity index (χ4v) is 2.04. The molecule has 1 aliphatic rings. The Balaban J connectivity index is 1.64. The predicted octanol–water partition coefficient (Wildman–Crippen LogP) is 1.63. The van der Waals surface area contributed by atoms with Crippen molar-refractivity contribution in [1.29, 1.82) is 0 Å². The molecule has 19 heavy (non-hydrogen) atoms. The van der Waals surface area contributed by atoms with Crippen LogP contribution in [0.25, 0.3) is 0 Å². The van der Waals surface area contributed by atoms with E-state index in [9.17, 15) is 4.79 Å². The van der Waals surface area contributed by atoms with Crippen LogP contribution < -0.4 is 10.9 Å². The summed E-state index contributed by atoms with van der Waals surface area (Å²) in [6, 6.07) is 6.21. The standard InChI is InChI=1S/C14H16N4O/c19-14-13(17-9-10-18(14)12-4-5-12)16-8-6-11-3-1-2-7-15-11/h1-3,7,9-10,12H,4-6,8H2,(H,16,17). The van der Waals surface area contributed by atoms with E-state index in [0.29, 0.717) is 18.4 Å². The lowest BCUT2D eigenvalue weighted by atomic mass is 10.3. The fraction of sp³-hybridized carbons (Fsp3) is 0.357. The number of pyridine rings is 1. The zero-order valence-corrected chi connectivity index (χ0v) is 10.6. The summed E-state index contributed by atoms with van der Waals surface area (Å²) in [5, 5.41) is 3.10. The largest absolute Gasteiger partial charge is 0.365 e. The highest BCUT2D eigenvalue weighted by Crippen LogP contribution is 2.33. The van der Waals surface area contributed by atoms with Crippen molar-refractivity contribution in [2.75, 3.05) is 11.9 Å². The number of hydrogen-bond acceptors (Lipinski definition) is 4. The Bertz CT molecular complexity index is 604. The third-order valence-electron chi connectivity index (χ3n) is 3.21. The van der Waals surface area contributed by atoms with Crippen molar-refractivity contribution < 1.29 is 0 Å². The molecule has 0 saturated heterocycles. The summed E-state index contributed by atoms with van der Waals surface area (Å²) in [6.07, 6.45) is 8.19. The molecule has 0 spiro atoms. The predicted molar refractivity (Wildman–Crippen MR) is 73.2 cm³/mol. The van der Waals surface area contributed by atoms with Gasteiger partial charge in [-0.25, -0.2) is 4.98 Å². The quantitative estimate of drug-likeness (QED) is 0.883. The van der Waals surface area contributed by atoms with E-state index in [-0.39, 0.29) is 5.56 Å². The first kappa shape index (κ1) is 11.9. The number of aromatic nitrogens is 3. The van der Waals surface area contributed by atoms with Gasteiger partial charge in [-0.2, -0.15) is 0 Å². The summed E-state index contributed by atoms with van der Waals surface area (Å²) in [7, 11) is 0. The second kappa shape index (κ2) is 5.22. The van der Waals surface area contributed by atoms with E-state index in [4.69, 9.17) is 0 Å². The maximum Gasteiger partial charge on any atom is 0.293 e. The Kier molecular flexibility index (Phi) is 3.27. The SMILES string of the molecule is O=c1c(NCCc2ccccn2)nccn1C1CC1. The average Bonchev–Trinajstić information content (AvgIpc) is 3.26. The molecule has 0 amide bonds. The third kappa shape index (κ3) is 2.81. The Morgan fingerprint density at radius 1 is 1.26 bits per heavy atom. The van der Waals surface area contributed by atoms with E-state index in [2.05, 4.69) is 15.3 Å². The molecule has 2 aromatic heterocycles. The number of hydrogen-bond donors (Lipinski definition) is 1. The van der Waals surface area contributed by atoms with E-state index in [0.717, 1.165) is 25.0 Å². The summed E-state index contributed by atoms with van der Waals surface area (Å²) in [5.41, 5.74) is 0.986. The Morgan fingerprint density at radius 2 is 2.16 bits per heavy atom. The summed E-state index contributed by atoms with van der Waals surface area (Å²) < 4.78 is 1.77. The van der Waals surface area contributed by atoms with Crippen LogP contribution in [0, 0.1) is 0 Å². The summed E-state index contributed by atoms with van der Waals surface area (Å²) >= 11 is 0. The smallest absolute Gasteiger partial charge is 0.293 e. The molecule has 1 saturated carbocycles. The van der Waals surface area contributed by atoms with E-state index in [1.807, 2.05) is 18.2 Å². The van der Waals surface area contributed by atoms with Gasteiger partial charge in [0.25, 0.3) is 5.56 Å². The number of nitrogens with zero attached hydrogens (tertiary/aromatic N) is 3. The van der Waals surface area contributed by atoms with Crippen LogP contribution >= 0.6 is 0 Å². The molecule has 2 heterocycles. The molecule has 5 nitrogen and oxygen atoms in total. The normalized spacial score (nSPS) is 14.3. The summed E-state index contributed by atoms with van der Waals surface area (Å²) in [4.78, 5) is 20.5. The molecule has 0 unspecified atom stereocenters. The van der Waals surface area contributed by atoms with Crippen molar-refractivity contribution in [1.82, 2.24) is 14.5 Å². The van der Waals surface area contributed by atoms with Crippen LogP contribution in [0.3, 0.4) is 0 Å². The first-order valence-corrected chi connectivity index (χ1v) is 6.55. The molecule has 0 bridgehead atoms. The highest BCUT2D eigenvalue weighted by atomic mass is 16.1. The van der Waals surface area contributed by atoms with Gasteiger partial charge in [-0.3, -0.25) is 9.78 Å². The molecular formula is C14H16N4O. The van der Waals surface area contributed by atoms with Crippen LogP contribution in [-0.2, 0) is 6.42 Å². The van der Waals surface area contributed by atoms with Crippen LogP contribution in [-0.4, -0.2) is 21.1 Å². The average molecular weight is 256 g/mol. The summed E-state index contributed by atoms with van der Waals surface area (Å²) in [5.74, 6) is 0.435. The van der Waals surface area contributed by atoms with Crippen LogP contribution in [0.4, 0.5) is 5.82 Å². The van der Waals surface area contributed by atoms with Crippen molar-refractivity contribution in [3.8, 4) is 0 Å². The summed E-state index contributed by atoms with van der Waals surface area (Å²) in [6.45, 7) is 0.661. The van der Waals surface area contributed by atoms with Gasteiger partial charge < -0.3 is 9.88 Å². The maximum atomic E-state index is 12.1.